The molecule has 0 saturated carbocycles. The van der Waals surface area contributed by atoms with Crippen molar-refractivity contribution in [3.63, 3.8) is 0 Å². The molecule has 0 amide bonds. The number of methoxy groups -OCH3 is 1. The van der Waals surface area contributed by atoms with Crippen LogP contribution in [0.25, 0.3) is 0 Å². The fourth-order valence-electron chi connectivity index (χ4n) is 1.54. The molecule has 19 heavy (non-hydrogen) atoms. The van der Waals surface area contributed by atoms with Crippen LogP contribution in [-0.2, 0) is 0 Å². The van der Waals surface area contributed by atoms with Gasteiger partial charge in [0.2, 0.25) is 0 Å². The van der Waals surface area contributed by atoms with Gasteiger partial charge in [0.15, 0.2) is 0 Å². The fraction of sp³-hybridized carbons (Fsp3) is 0.0714. The van der Waals surface area contributed by atoms with E-state index in [0.29, 0.717) is 5.56 Å². The second kappa shape index (κ2) is 6.12. The molecule has 3 nitrogen and oxygen atoms in total. The van der Waals surface area contributed by atoms with E-state index in [4.69, 9.17) is 15.9 Å². The third-order valence-electron chi connectivity index (χ3n) is 2.51. The number of nitrogens with one attached hydrogen (secondary N) is 1. The molecule has 0 aliphatic rings. The van der Waals surface area contributed by atoms with Crippen LogP contribution in [0.5, 0.6) is 5.75 Å². The lowest BCUT2D eigenvalue weighted by atomic mass is 10.2. The molecule has 0 spiro atoms. The number of rotatable bonds is 4. The van der Waals surface area contributed by atoms with Gasteiger partial charge >= 0.3 is 0 Å². The summed E-state index contributed by atoms with van der Waals surface area (Å²) in [7, 11) is 1.65. The van der Waals surface area contributed by atoms with E-state index in [1.54, 1.807) is 18.9 Å². The summed E-state index contributed by atoms with van der Waals surface area (Å²) in [5.74, 6) is 0.903. The average Bonchev–Trinajstić information content (AvgIpc) is 2.41. The number of halogens is 1. The first kappa shape index (κ1) is 14.0. The molecule has 0 fully saturated rings. The molecule has 0 atom stereocenters. The summed E-state index contributed by atoms with van der Waals surface area (Å²) >= 11 is 5.13. The van der Waals surface area contributed by atoms with Gasteiger partial charge in [-0.2, -0.15) is 0 Å². The molecule has 98 valence electrons. The van der Waals surface area contributed by atoms with Crippen molar-refractivity contribution >= 4 is 33.5 Å². The van der Waals surface area contributed by atoms with E-state index < -0.39 is 0 Å². The van der Waals surface area contributed by atoms with E-state index in [9.17, 15) is 0 Å². The van der Waals surface area contributed by atoms with Crippen molar-refractivity contribution < 1.29 is 4.74 Å². The van der Waals surface area contributed by atoms with E-state index in [-0.39, 0.29) is 5.84 Å². The van der Waals surface area contributed by atoms with Gasteiger partial charge in [-0.1, -0.05) is 23.9 Å². The fourth-order valence-corrected chi connectivity index (χ4v) is 3.03. The van der Waals surface area contributed by atoms with Gasteiger partial charge in [-0.3, -0.25) is 5.41 Å². The summed E-state index contributed by atoms with van der Waals surface area (Å²) in [6, 6.07) is 13.5. The quantitative estimate of drug-likeness (QED) is 0.657. The Morgan fingerprint density at radius 1 is 1.26 bits per heavy atom. The zero-order valence-corrected chi connectivity index (χ0v) is 12.7. The smallest absolute Gasteiger partial charge is 0.122 e. The van der Waals surface area contributed by atoms with Gasteiger partial charge in [-0.25, -0.2) is 0 Å². The molecule has 0 aromatic heterocycles. The van der Waals surface area contributed by atoms with Crippen molar-refractivity contribution in [3.05, 3.63) is 52.5 Å². The Bertz CT molecular complexity index is 616. The highest BCUT2D eigenvalue weighted by molar-refractivity contribution is 9.10. The van der Waals surface area contributed by atoms with Crippen molar-refractivity contribution in [2.24, 2.45) is 5.73 Å². The van der Waals surface area contributed by atoms with Crippen LogP contribution in [0.15, 0.2) is 56.7 Å². The minimum Gasteiger partial charge on any atom is -0.497 e. The lowest BCUT2D eigenvalue weighted by Gasteiger charge is -2.07. The van der Waals surface area contributed by atoms with Gasteiger partial charge in [0.1, 0.15) is 11.6 Å². The van der Waals surface area contributed by atoms with Crippen LogP contribution >= 0.6 is 27.7 Å². The standard InChI is InChI=1S/C14H13BrN2OS/c1-18-10-3-2-4-11(8-10)19-13-6-5-9(14(16)17)7-12(13)15/h2-8H,1H3,(H3,16,17). The topological polar surface area (TPSA) is 59.1 Å². The zero-order valence-electron chi connectivity index (χ0n) is 10.3. The summed E-state index contributed by atoms with van der Waals surface area (Å²) in [5.41, 5.74) is 6.17. The lowest BCUT2D eigenvalue weighted by Crippen LogP contribution is -2.10. The lowest BCUT2D eigenvalue weighted by molar-refractivity contribution is 0.413. The van der Waals surface area contributed by atoms with Crippen molar-refractivity contribution in [1.82, 2.24) is 0 Å². The number of hydrogen-bond acceptors (Lipinski definition) is 3. The predicted molar refractivity (Wildman–Crippen MR) is 82.3 cm³/mol. The Kier molecular flexibility index (Phi) is 4.50. The van der Waals surface area contributed by atoms with E-state index >= 15 is 0 Å². The van der Waals surface area contributed by atoms with E-state index in [1.807, 2.05) is 42.5 Å². The normalized spacial score (nSPS) is 10.2. The first-order valence-electron chi connectivity index (χ1n) is 5.56. The maximum atomic E-state index is 7.41. The Morgan fingerprint density at radius 3 is 2.68 bits per heavy atom. The van der Waals surface area contributed by atoms with E-state index in [2.05, 4.69) is 15.9 Å². The molecule has 0 bridgehead atoms. The van der Waals surface area contributed by atoms with Gasteiger partial charge in [0.05, 0.1) is 7.11 Å². The highest BCUT2D eigenvalue weighted by atomic mass is 79.9. The molecule has 2 aromatic rings. The number of ether oxygens (including phenoxy) is 1. The molecule has 2 aromatic carbocycles. The summed E-state index contributed by atoms with van der Waals surface area (Å²) < 4.78 is 6.13. The molecule has 5 heteroatoms. The van der Waals surface area contributed by atoms with Crippen LogP contribution in [0, 0.1) is 5.41 Å². The highest BCUT2D eigenvalue weighted by Gasteiger charge is 2.06. The summed E-state index contributed by atoms with van der Waals surface area (Å²) in [4.78, 5) is 2.16. The molecule has 0 saturated heterocycles. The second-order valence-electron chi connectivity index (χ2n) is 3.84. The Morgan fingerprint density at radius 2 is 2.05 bits per heavy atom. The average molecular weight is 337 g/mol. The Balaban J connectivity index is 2.25. The molecule has 0 heterocycles. The maximum absolute atomic E-state index is 7.41. The largest absolute Gasteiger partial charge is 0.497 e. The van der Waals surface area contributed by atoms with Crippen molar-refractivity contribution in [2.45, 2.75) is 9.79 Å². The van der Waals surface area contributed by atoms with Crippen molar-refractivity contribution in [1.29, 1.82) is 5.41 Å². The first-order chi connectivity index (χ1) is 9.10. The number of amidine groups is 1. The van der Waals surface area contributed by atoms with Gasteiger partial charge in [-0.15, -0.1) is 0 Å². The van der Waals surface area contributed by atoms with Gasteiger partial charge < -0.3 is 10.5 Å². The van der Waals surface area contributed by atoms with Crippen LogP contribution < -0.4 is 10.5 Å². The molecular formula is C14H13BrN2OS. The molecule has 2 rings (SSSR count). The Hall–Kier alpha value is -1.46. The zero-order chi connectivity index (χ0) is 13.8. The van der Waals surface area contributed by atoms with Crippen LogP contribution in [0.4, 0.5) is 0 Å². The second-order valence-corrected chi connectivity index (χ2v) is 5.81. The van der Waals surface area contributed by atoms with E-state index in [0.717, 1.165) is 20.0 Å². The van der Waals surface area contributed by atoms with Crippen LogP contribution in [-0.4, -0.2) is 12.9 Å². The number of nitrogen functional groups attached to an aromatic ring is 1. The minimum absolute atomic E-state index is 0.0682. The third kappa shape index (κ3) is 3.52. The third-order valence-corrected chi connectivity index (χ3v) is 4.50. The summed E-state index contributed by atoms with van der Waals surface area (Å²) in [6.45, 7) is 0. The maximum Gasteiger partial charge on any atom is 0.122 e. The van der Waals surface area contributed by atoms with Gasteiger partial charge in [-0.05, 0) is 46.3 Å². The van der Waals surface area contributed by atoms with Crippen molar-refractivity contribution in [3.8, 4) is 5.75 Å². The van der Waals surface area contributed by atoms with Crippen molar-refractivity contribution in [2.75, 3.05) is 7.11 Å². The van der Waals surface area contributed by atoms with E-state index in [1.165, 1.54) is 0 Å². The molecule has 0 unspecified atom stereocenters. The molecule has 0 radical (unpaired) electrons. The monoisotopic (exact) mass is 336 g/mol. The summed E-state index contributed by atoms with van der Waals surface area (Å²) in [6.07, 6.45) is 0. The first-order valence-corrected chi connectivity index (χ1v) is 7.17. The highest BCUT2D eigenvalue weighted by Crippen LogP contribution is 2.35. The SMILES string of the molecule is COc1cccc(Sc2ccc(C(=N)N)cc2Br)c1. The molecule has 0 aliphatic carbocycles. The number of nitrogens with two attached hydrogens (primary N) is 1. The predicted octanol–water partition coefficient (Wildman–Crippen LogP) is 3.89. The van der Waals surface area contributed by atoms with Crippen LogP contribution in [0.1, 0.15) is 5.56 Å². The summed E-state index contributed by atoms with van der Waals surface area (Å²) in [5, 5.41) is 7.41. The minimum atomic E-state index is 0.0682. The molecular weight excluding hydrogens is 324 g/mol. The number of benzene rings is 2. The van der Waals surface area contributed by atoms with Gasteiger partial charge in [0, 0.05) is 19.8 Å². The number of hydrogen-bond donors (Lipinski definition) is 2. The molecule has 0 aliphatic heterocycles. The van der Waals surface area contributed by atoms with Crippen LogP contribution in [0.2, 0.25) is 0 Å². The Labute approximate surface area is 124 Å². The van der Waals surface area contributed by atoms with Gasteiger partial charge in [0.25, 0.3) is 0 Å². The van der Waals surface area contributed by atoms with Crippen LogP contribution in [0.3, 0.4) is 0 Å². The molecule has 3 N–H and O–H groups in total.